The molecule has 9 heteroatoms. The molecule has 2 fully saturated rings. The van der Waals surface area contributed by atoms with Crippen molar-refractivity contribution in [2.75, 3.05) is 39.2 Å². The number of hydroxylamine groups is 2. The van der Waals surface area contributed by atoms with Gasteiger partial charge in [0.1, 0.15) is 5.02 Å². The lowest BCUT2D eigenvalue weighted by Gasteiger charge is -2.30. The summed E-state index contributed by atoms with van der Waals surface area (Å²) in [5, 5.41) is 9.03. The van der Waals surface area contributed by atoms with Gasteiger partial charge in [-0.2, -0.15) is 5.10 Å². The summed E-state index contributed by atoms with van der Waals surface area (Å²) >= 11 is 6.33. The van der Waals surface area contributed by atoms with Crippen LogP contribution in [0.1, 0.15) is 44.6 Å². The predicted molar refractivity (Wildman–Crippen MR) is 106 cm³/mol. The highest BCUT2D eigenvalue weighted by Crippen LogP contribution is 2.32. The Morgan fingerprint density at radius 2 is 2.14 bits per heavy atom. The second kappa shape index (κ2) is 9.71. The molecule has 2 aliphatic rings. The molecule has 8 nitrogen and oxygen atoms in total. The van der Waals surface area contributed by atoms with Gasteiger partial charge in [0.05, 0.1) is 31.6 Å². The lowest BCUT2D eigenvalue weighted by atomic mass is 9.85. The fourth-order valence-corrected chi connectivity index (χ4v) is 4.17. The van der Waals surface area contributed by atoms with E-state index >= 15 is 0 Å². The highest BCUT2D eigenvalue weighted by Gasteiger charge is 2.30. The van der Waals surface area contributed by atoms with Crippen LogP contribution in [0.15, 0.2) is 11.0 Å². The number of anilines is 1. The smallest absolute Gasteiger partial charge is 0.287 e. The third kappa shape index (κ3) is 4.85. The Kier molecular flexibility index (Phi) is 7.31. The molecule has 1 saturated carbocycles. The minimum absolute atomic E-state index is 0.0227. The van der Waals surface area contributed by atoms with Crippen LogP contribution in [0.5, 0.6) is 0 Å². The molecule has 0 radical (unpaired) electrons. The van der Waals surface area contributed by atoms with E-state index < -0.39 is 0 Å². The molecule has 1 unspecified atom stereocenters. The van der Waals surface area contributed by atoms with Crippen molar-refractivity contribution in [3.8, 4) is 0 Å². The maximum absolute atomic E-state index is 12.7. The Morgan fingerprint density at radius 3 is 2.79 bits per heavy atom. The first kappa shape index (κ1) is 21.1. The Morgan fingerprint density at radius 1 is 1.39 bits per heavy atom. The summed E-state index contributed by atoms with van der Waals surface area (Å²) in [5.41, 5.74) is 0.287. The molecule has 1 aliphatic carbocycles. The van der Waals surface area contributed by atoms with Crippen molar-refractivity contribution in [2.45, 2.75) is 44.6 Å². The van der Waals surface area contributed by atoms with Crippen LogP contribution in [0.3, 0.4) is 0 Å². The predicted octanol–water partition coefficient (Wildman–Crippen LogP) is 2.49. The van der Waals surface area contributed by atoms with Crippen molar-refractivity contribution >= 4 is 23.2 Å². The summed E-state index contributed by atoms with van der Waals surface area (Å²) in [6, 6.07) is -0.0392. The third-order valence-electron chi connectivity index (χ3n) is 5.76. The molecule has 0 spiro atoms. The van der Waals surface area contributed by atoms with E-state index in [4.69, 9.17) is 21.2 Å². The van der Waals surface area contributed by atoms with Gasteiger partial charge in [-0.05, 0) is 44.4 Å². The highest BCUT2D eigenvalue weighted by atomic mass is 35.5. The van der Waals surface area contributed by atoms with E-state index in [0.29, 0.717) is 43.8 Å². The average Bonchev–Trinajstić information content (AvgIpc) is 2.74. The quantitative estimate of drug-likeness (QED) is 0.722. The third-order valence-corrected chi connectivity index (χ3v) is 6.12. The molecular weight excluding hydrogens is 384 g/mol. The number of ether oxygens (including phenoxy) is 1. The molecule has 156 valence electrons. The fourth-order valence-electron chi connectivity index (χ4n) is 3.97. The maximum Gasteiger partial charge on any atom is 0.287 e. The standard InChI is InChI=1S/C19H29ClN4O4/c1-23(27-2)18(25)14-5-7-15(8-6-14)24-19(26)17(20)16(11-22-24)21-10-13-4-3-9-28-12-13/h11,13-15,21H,3-10,12H2,1-2H3. The van der Waals surface area contributed by atoms with Crippen molar-refractivity contribution in [1.29, 1.82) is 0 Å². The summed E-state index contributed by atoms with van der Waals surface area (Å²) in [6.45, 7) is 2.27. The number of nitrogens with one attached hydrogen (secondary N) is 1. The van der Waals surface area contributed by atoms with Gasteiger partial charge in [-0.15, -0.1) is 0 Å². The van der Waals surface area contributed by atoms with Gasteiger partial charge in [0.25, 0.3) is 5.56 Å². The minimum Gasteiger partial charge on any atom is -0.382 e. The molecule has 1 aromatic heterocycles. The van der Waals surface area contributed by atoms with Crippen molar-refractivity contribution in [2.24, 2.45) is 11.8 Å². The minimum atomic E-state index is -0.282. The summed E-state index contributed by atoms with van der Waals surface area (Å²) in [7, 11) is 3.09. The first-order valence-corrected chi connectivity index (χ1v) is 10.3. The van der Waals surface area contributed by atoms with Crippen LogP contribution in [0.2, 0.25) is 5.02 Å². The molecule has 3 rings (SSSR count). The maximum atomic E-state index is 12.7. The number of hydrogen-bond donors (Lipinski definition) is 1. The molecule has 2 heterocycles. The highest BCUT2D eigenvalue weighted by molar-refractivity contribution is 6.32. The van der Waals surface area contributed by atoms with E-state index in [0.717, 1.165) is 26.1 Å². The van der Waals surface area contributed by atoms with Crippen molar-refractivity contribution in [3.05, 3.63) is 21.6 Å². The monoisotopic (exact) mass is 412 g/mol. The van der Waals surface area contributed by atoms with Gasteiger partial charge in [0.15, 0.2) is 0 Å². The van der Waals surface area contributed by atoms with Gasteiger partial charge in [-0.25, -0.2) is 9.75 Å². The Bertz CT molecular complexity index is 727. The van der Waals surface area contributed by atoms with Crippen molar-refractivity contribution in [1.82, 2.24) is 14.8 Å². The first-order valence-electron chi connectivity index (χ1n) is 9.91. The fraction of sp³-hybridized carbons (Fsp3) is 0.737. The summed E-state index contributed by atoms with van der Waals surface area (Å²) in [5.74, 6) is 0.321. The van der Waals surface area contributed by atoms with Crippen LogP contribution >= 0.6 is 11.6 Å². The number of rotatable bonds is 6. The van der Waals surface area contributed by atoms with E-state index in [1.54, 1.807) is 13.2 Å². The molecule has 1 N–H and O–H groups in total. The number of hydrogen-bond acceptors (Lipinski definition) is 6. The Balaban J connectivity index is 1.60. The molecule has 1 amide bonds. The Hall–Kier alpha value is -1.64. The van der Waals surface area contributed by atoms with E-state index in [1.807, 2.05) is 0 Å². The summed E-state index contributed by atoms with van der Waals surface area (Å²) in [6.07, 6.45) is 6.62. The zero-order valence-electron chi connectivity index (χ0n) is 16.5. The van der Waals surface area contributed by atoms with Crippen molar-refractivity contribution in [3.63, 3.8) is 0 Å². The van der Waals surface area contributed by atoms with E-state index in [-0.39, 0.29) is 28.4 Å². The van der Waals surface area contributed by atoms with E-state index in [9.17, 15) is 9.59 Å². The zero-order chi connectivity index (χ0) is 20.1. The summed E-state index contributed by atoms with van der Waals surface area (Å²) in [4.78, 5) is 29.9. The molecular formula is C19H29ClN4O4. The van der Waals surface area contributed by atoms with Crippen LogP contribution in [-0.2, 0) is 14.4 Å². The van der Waals surface area contributed by atoms with Gasteiger partial charge in [0.2, 0.25) is 5.91 Å². The second-order valence-corrected chi connectivity index (χ2v) is 7.99. The lowest BCUT2D eigenvalue weighted by molar-refractivity contribution is -0.174. The van der Waals surface area contributed by atoms with E-state index in [2.05, 4.69) is 10.4 Å². The molecule has 1 saturated heterocycles. The number of amides is 1. The number of carbonyl (C=O) groups is 1. The van der Waals surface area contributed by atoms with Crippen LogP contribution in [0, 0.1) is 11.8 Å². The normalized spacial score (nSPS) is 25.3. The van der Waals surface area contributed by atoms with Crippen LogP contribution in [0.25, 0.3) is 0 Å². The average molecular weight is 413 g/mol. The van der Waals surface area contributed by atoms with Crippen LogP contribution < -0.4 is 10.9 Å². The second-order valence-electron chi connectivity index (χ2n) is 7.61. The topological polar surface area (TPSA) is 85.7 Å². The lowest BCUT2D eigenvalue weighted by Crippen LogP contribution is -2.36. The number of halogens is 1. The number of aromatic nitrogens is 2. The molecule has 0 bridgehead atoms. The molecule has 28 heavy (non-hydrogen) atoms. The number of nitrogens with zero attached hydrogens (tertiary/aromatic N) is 3. The molecule has 0 aromatic carbocycles. The van der Waals surface area contributed by atoms with E-state index in [1.165, 1.54) is 16.9 Å². The Labute approximate surface area is 170 Å². The summed E-state index contributed by atoms with van der Waals surface area (Å²) < 4.78 is 6.95. The number of carbonyl (C=O) groups excluding carboxylic acids is 1. The van der Waals surface area contributed by atoms with Gasteiger partial charge < -0.3 is 10.1 Å². The SMILES string of the molecule is CON(C)C(=O)C1CCC(n2ncc(NCC3CCCOC3)c(Cl)c2=O)CC1. The van der Waals surface area contributed by atoms with Gasteiger partial charge in [-0.1, -0.05) is 11.6 Å². The van der Waals surface area contributed by atoms with Crippen LogP contribution in [0.4, 0.5) is 5.69 Å². The zero-order valence-corrected chi connectivity index (χ0v) is 17.3. The van der Waals surface area contributed by atoms with Gasteiger partial charge in [0, 0.05) is 26.1 Å². The molecule has 1 atom stereocenters. The molecule has 1 aromatic rings. The largest absolute Gasteiger partial charge is 0.382 e. The van der Waals surface area contributed by atoms with Gasteiger partial charge in [-0.3, -0.25) is 14.4 Å². The molecule has 1 aliphatic heterocycles. The first-order chi connectivity index (χ1) is 13.5. The van der Waals surface area contributed by atoms with Crippen LogP contribution in [-0.4, -0.2) is 54.7 Å². The van der Waals surface area contributed by atoms with Gasteiger partial charge >= 0.3 is 0 Å². The van der Waals surface area contributed by atoms with Crippen molar-refractivity contribution < 1.29 is 14.4 Å².